The summed E-state index contributed by atoms with van der Waals surface area (Å²) in [5.41, 5.74) is 4.51. The van der Waals surface area contributed by atoms with Crippen molar-refractivity contribution in [1.82, 2.24) is 5.43 Å². The number of hydrogen-bond acceptors (Lipinski definition) is 5. The molecular formula is C27H22BrClN2O4. The van der Waals surface area contributed by atoms with Gasteiger partial charge in [0.1, 0.15) is 12.4 Å². The fourth-order valence-corrected chi connectivity index (χ4v) is 4.09. The van der Waals surface area contributed by atoms with E-state index in [1.807, 2.05) is 54.6 Å². The van der Waals surface area contributed by atoms with E-state index in [4.69, 9.17) is 25.8 Å². The largest absolute Gasteiger partial charge is 0.496 e. The summed E-state index contributed by atoms with van der Waals surface area (Å²) in [4.78, 5) is 12.8. The highest BCUT2D eigenvalue weighted by molar-refractivity contribution is 9.10. The second-order valence-corrected chi connectivity index (χ2v) is 8.76. The highest BCUT2D eigenvalue weighted by Crippen LogP contribution is 2.34. The summed E-state index contributed by atoms with van der Waals surface area (Å²) in [6.45, 7) is 0.291. The molecule has 0 spiro atoms. The Kier molecular flexibility index (Phi) is 7.90. The van der Waals surface area contributed by atoms with E-state index in [1.54, 1.807) is 25.3 Å². The van der Waals surface area contributed by atoms with Crippen molar-refractivity contribution in [1.29, 1.82) is 0 Å². The molecule has 35 heavy (non-hydrogen) atoms. The molecule has 0 fully saturated rings. The third kappa shape index (κ3) is 5.75. The van der Waals surface area contributed by atoms with E-state index in [1.165, 1.54) is 13.3 Å². The van der Waals surface area contributed by atoms with Crippen molar-refractivity contribution >= 4 is 50.4 Å². The highest BCUT2D eigenvalue weighted by Gasteiger charge is 2.14. The number of carbonyl (C=O) groups is 1. The summed E-state index contributed by atoms with van der Waals surface area (Å²) < 4.78 is 17.5. The van der Waals surface area contributed by atoms with Crippen molar-refractivity contribution in [2.75, 3.05) is 14.2 Å². The van der Waals surface area contributed by atoms with Crippen LogP contribution in [0, 0.1) is 0 Å². The zero-order valence-corrected chi connectivity index (χ0v) is 21.4. The molecule has 0 bridgehead atoms. The molecule has 178 valence electrons. The fourth-order valence-electron chi connectivity index (χ4n) is 3.48. The maximum Gasteiger partial charge on any atom is 0.275 e. The smallest absolute Gasteiger partial charge is 0.275 e. The van der Waals surface area contributed by atoms with E-state index in [9.17, 15) is 4.79 Å². The molecule has 1 amide bonds. The van der Waals surface area contributed by atoms with Gasteiger partial charge in [0.2, 0.25) is 0 Å². The van der Waals surface area contributed by atoms with Crippen molar-refractivity contribution in [3.63, 3.8) is 0 Å². The number of halogens is 2. The SMILES string of the molecule is COc1cc(/C=N\NC(=O)c2cc3ccccc3cc2OC)c(Br)cc1OCc1ccccc1Cl. The molecule has 4 aromatic rings. The zero-order valence-electron chi connectivity index (χ0n) is 19.0. The number of fused-ring (bicyclic) bond motifs is 1. The van der Waals surface area contributed by atoms with Gasteiger partial charge in [-0.25, -0.2) is 5.43 Å². The van der Waals surface area contributed by atoms with E-state index in [0.717, 1.165) is 16.3 Å². The number of carbonyl (C=O) groups excluding carboxylic acids is 1. The van der Waals surface area contributed by atoms with Gasteiger partial charge in [0.05, 0.1) is 26.0 Å². The first-order valence-electron chi connectivity index (χ1n) is 10.6. The molecule has 1 N–H and O–H groups in total. The van der Waals surface area contributed by atoms with Crippen LogP contribution in [0.2, 0.25) is 5.02 Å². The topological polar surface area (TPSA) is 69.2 Å². The number of nitrogens with zero attached hydrogens (tertiary/aromatic N) is 1. The van der Waals surface area contributed by atoms with Gasteiger partial charge in [-0.05, 0) is 57.0 Å². The van der Waals surface area contributed by atoms with Gasteiger partial charge in [0, 0.05) is 20.6 Å². The number of benzene rings is 4. The maximum absolute atomic E-state index is 12.8. The molecular weight excluding hydrogens is 532 g/mol. The molecule has 6 nitrogen and oxygen atoms in total. The van der Waals surface area contributed by atoms with Gasteiger partial charge in [0.25, 0.3) is 5.91 Å². The fraction of sp³-hybridized carbons (Fsp3) is 0.111. The van der Waals surface area contributed by atoms with Gasteiger partial charge in [-0.1, -0.05) is 54.1 Å². The molecule has 4 rings (SSSR count). The summed E-state index contributed by atoms with van der Waals surface area (Å²) in [5, 5.41) is 6.67. The van der Waals surface area contributed by atoms with Gasteiger partial charge >= 0.3 is 0 Å². The minimum atomic E-state index is -0.383. The second kappa shape index (κ2) is 11.3. The molecule has 0 radical (unpaired) electrons. The lowest BCUT2D eigenvalue weighted by molar-refractivity contribution is 0.0952. The summed E-state index contributed by atoms with van der Waals surface area (Å²) >= 11 is 9.74. The molecule has 0 saturated heterocycles. The van der Waals surface area contributed by atoms with Gasteiger partial charge in [-0.3, -0.25) is 4.79 Å². The molecule has 0 aliphatic rings. The Hall–Kier alpha value is -3.55. The van der Waals surface area contributed by atoms with Gasteiger partial charge in [0.15, 0.2) is 11.5 Å². The van der Waals surface area contributed by atoms with Gasteiger partial charge in [-0.15, -0.1) is 0 Å². The third-order valence-corrected chi connectivity index (χ3v) is 6.36. The third-order valence-electron chi connectivity index (χ3n) is 5.31. The Morgan fingerprint density at radius 1 is 0.943 bits per heavy atom. The van der Waals surface area contributed by atoms with Crippen LogP contribution in [0.1, 0.15) is 21.5 Å². The van der Waals surface area contributed by atoms with Crippen LogP contribution < -0.4 is 19.6 Å². The number of nitrogens with one attached hydrogen (secondary N) is 1. The molecule has 0 saturated carbocycles. The zero-order chi connectivity index (χ0) is 24.8. The summed E-state index contributed by atoms with van der Waals surface area (Å²) in [6, 6.07) is 22.4. The Balaban J connectivity index is 1.49. The van der Waals surface area contributed by atoms with E-state index in [-0.39, 0.29) is 5.91 Å². The van der Waals surface area contributed by atoms with Crippen molar-refractivity contribution < 1.29 is 19.0 Å². The molecule has 0 heterocycles. The van der Waals surface area contributed by atoms with Crippen molar-refractivity contribution in [2.45, 2.75) is 6.61 Å². The molecule has 0 aromatic heterocycles. The number of hydrazone groups is 1. The lowest BCUT2D eigenvalue weighted by atomic mass is 10.1. The normalized spacial score (nSPS) is 11.0. The van der Waals surface area contributed by atoms with E-state index >= 15 is 0 Å². The number of hydrogen-bond donors (Lipinski definition) is 1. The molecule has 4 aromatic carbocycles. The minimum absolute atomic E-state index is 0.291. The predicted octanol–water partition coefficient (Wildman–Crippen LogP) is 6.62. The number of methoxy groups -OCH3 is 2. The quantitative estimate of drug-likeness (QED) is 0.197. The Morgan fingerprint density at radius 2 is 1.63 bits per heavy atom. The van der Waals surface area contributed by atoms with Crippen LogP contribution >= 0.6 is 27.5 Å². The molecule has 0 aliphatic heterocycles. The van der Waals surface area contributed by atoms with Crippen molar-refractivity contribution in [3.8, 4) is 17.2 Å². The first-order valence-corrected chi connectivity index (χ1v) is 11.8. The number of rotatable bonds is 8. The standard InChI is InChI=1S/C27H22BrClN2O4/c1-33-24-12-18-8-4-3-7-17(18)11-21(24)27(32)31-30-15-20-13-25(34-2)26(14-22(20)28)35-16-19-9-5-6-10-23(19)29/h3-15H,16H2,1-2H3,(H,31,32)/b30-15-. The Morgan fingerprint density at radius 3 is 2.34 bits per heavy atom. The Labute approximate surface area is 216 Å². The lowest BCUT2D eigenvalue weighted by Gasteiger charge is -2.13. The van der Waals surface area contributed by atoms with E-state index < -0.39 is 0 Å². The van der Waals surface area contributed by atoms with E-state index in [2.05, 4.69) is 26.5 Å². The highest BCUT2D eigenvalue weighted by atomic mass is 79.9. The van der Waals surface area contributed by atoms with Crippen molar-refractivity contribution in [2.24, 2.45) is 5.10 Å². The average molecular weight is 554 g/mol. The monoisotopic (exact) mass is 552 g/mol. The maximum atomic E-state index is 12.8. The molecule has 8 heteroatoms. The molecule has 0 unspecified atom stereocenters. The molecule has 0 aliphatic carbocycles. The number of amides is 1. The summed E-state index contributed by atoms with van der Waals surface area (Å²) in [7, 11) is 3.09. The Bertz CT molecular complexity index is 1410. The predicted molar refractivity (Wildman–Crippen MR) is 142 cm³/mol. The first-order chi connectivity index (χ1) is 17.0. The van der Waals surface area contributed by atoms with Crippen LogP contribution in [0.3, 0.4) is 0 Å². The van der Waals surface area contributed by atoms with Gasteiger partial charge in [-0.2, -0.15) is 5.10 Å². The van der Waals surface area contributed by atoms with Gasteiger partial charge < -0.3 is 14.2 Å². The minimum Gasteiger partial charge on any atom is -0.496 e. The van der Waals surface area contributed by atoms with Crippen LogP contribution in [0.4, 0.5) is 0 Å². The summed E-state index contributed by atoms with van der Waals surface area (Å²) in [5.74, 6) is 1.15. The first kappa shape index (κ1) is 24.6. The lowest BCUT2D eigenvalue weighted by Crippen LogP contribution is -2.18. The molecule has 0 atom stereocenters. The van der Waals surface area contributed by atoms with Crippen LogP contribution in [0.5, 0.6) is 17.2 Å². The van der Waals surface area contributed by atoms with Crippen molar-refractivity contribution in [3.05, 3.63) is 99.0 Å². The average Bonchev–Trinajstić information content (AvgIpc) is 2.88. The van der Waals surface area contributed by atoms with Crippen LogP contribution in [-0.4, -0.2) is 26.3 Å². The number of ether oxygens (including phenoxy) is 3. The second-order valence-electron chi connectivity index (χ2n) is 7.50. The van der Waals surface area contributed by atoms with Crippen LogP contribution in [0.15, 0.2) is 82.4 Å². The van der Waals surface area contributed by atoms with Crippen LogP contribution in [-0.2, 0) is 6.61 Å². The van der Waals surface area contributed by atoms with Crippen LogP contribution in [0.25, 0.3) is 10.8 Å². The van der Waals surface area contributed by atoms with E-state index in [0.29, 0.717) is 44.5 Å². The summed E-state index contributed by atoms with van der Waals surface area (Å²) in [6.07, 6.45) is 1.52.